The summed E-state index contributed by atoms with van der Waals surface area (Å²) >= 11 is 0. The van der Waals surface area contributed by atoms with Crippen molar-refractivity contribution in [3.8, 4) is 16.8 Å². The van der Waals surface area contributed by atoms with E-state index in [9.17, 15) is 17.6 Å². The summed E-state index contributed by atoms with van der Waals surface area (Å²) < 4.78 is 45.3. The molecule has 6 rings (SSSR count). The van der Waals surface area contributed by atoms with Crippen LogP contribution in [0.4, 0.5) is 10.1 Å². The Morgan fingerprint density at radius 3 is 2.32 bits per heavy atom. The lowest BCUT2D eigenvalue weighted by Crippen LogP contribution is -2.56. The first kappa shape index (κ1) is 27.2. The molecule has 3 N–H and O–H groups in total. The number of ether oxygens (including phenoxy) is 1. The molecule has 4 aromatic rings. The van der Waals surface area contributed by atoms with Crippen LogP contribution < -0.4 is 5.73 Å². The zero-order valence-electron chi connectivity index (χ0n) is 22.6. The van der Waals surface area contributed by atoms with Crippen molar-refractivity contribution in [1.82, 2.24) is 9.47 Å². The summed E-state index contributed by atoms with van der Waals surface area (Å²) in [7, 11) is -3.18. The van der Waals surface area contributed by atoms with E-state index in [1.54, 1.807) is 29.2 Å². The monoisotopic (exact) mass is 574 g/mol. The molecular formula is C31H31FN4O4S. The van der Waals surface area contributed by atoms with Crippen LogP contribution in [0.1, 0.15) is 40.4 Å². The maximum atomic E-state index is 13.9. The maximum Gasteiger partial charge on any atom is 0.253 e. The number of halogens is 1. The number of hydrogen-bond acceptors (Lipinski definition) is 6. The molecule has 10 heteroatoms. The Morgan fingerprint density at radius 2 is 1.71 bits per heavy atom. The Bertz CT molecular complexity index is 1750. The van der Waals surface area contributed by atoms with Crippen LogP contribution in [0.25, 0.3) is 27.7 Å². The molecule has 1 aromatic heterocycles. The van der Waals surface area contributed by atoms with Crippen LogP contribution in [-0.2, 0) is 14.6 Å². The van der Waals surface area contributed by atoms with E-state index < -0.39 is 15.1 Å². The highest BCUT2D eigenvalue weighted by molar-refractivity contribution is 7.91. The number of carbonyl (C=O) groups is 1. The molecule has 2 saturated heterocycles. The summed E-state index contributed by atoms with van der Waals surface area (Å²) in [5.41, 5.74) is 12.5. The fraction of sp³-hybridized carbons (Fsp3) is 0.290. The normalized spacial score (nSPS) is 16.6. The molecular weight excluding hydrogens is 543 g/mol. The van der Waals surface area contributed by atoms with Gasteiger partial charge in [-0.15, -0.1) is 0 Å². The third-order valence-electron chi connectivity index (χ3n) is 8.22. The number of aromatic nitrogens is 1. The maximum absolute atomic E-state index is 13.9. The number of rotatable bonds is 6. The van der Waals surface area contributed by atoms with Crippen molar-refractivity contribution in [2.24, 2.45) is 0 Å². The van der Waals surface area contributed by atoms with Gasteiger partial charge in [-0.25, -0.2) is 12.8 Å². The van der Waals surface area contributed by atoms with E-state index >= 15 is 0 Å². The number of likely N-dealkylation sites (tertiary alicyclic amines) is 1. The van der Waals surface area contributed by atoms with Crippen LogP contribution in [0, 0.1) is 11.2 Å². The minimum Gasteiger partial charge on any atom is -0.398 e. The first-order valence-electron chi connectivity index (χ1n) is 13.6. The number of carbonyl (C=O) groups excluding carboxylic acids is 1. The topological polar surface area (TPSA) is 118 Å². The molecule has 0 saturated carbocycles. The molecule has 41 heavy (non-hydrogen) atoms. The summed E-state index contributed by atoms with van der Waals surface area (Å²) in [6.07, 6.45) is 4.05. The van der Waals surface area contributed by atoms with Gasteiger partial charge in [0.15, 0.2) is 9.84 Å². The van der Waals surface area contributed by atoms with Crippen molar-refractivity contribution in [3.63, 3.8) is 0 Å². The second-order valence-electron chi connectivity index (χ2n) is 10.8. The average molecular weight is 575 g/mol. The number of nitrogens with zero attached hydrogens (tertiary/aromatic N) is 2. The third kappa shape index (κ3) is 4.91. The number of nitrogens with one attached hydrogen (secondary N) is 1. The molecule has 0 aliphatic carbocycles. The second-order valence-corrected chi connectivity index (χ2v) is 13.2. The first-order chi connectivity index (χ1) is 19.7. The zero-order valence-corrected chi connectivity index (χ0v) is 23.5. The van der Waals surface area contributed by atoms with Gasteiger partial charge in [-0.2, -0.15) is 0 Å². The van der Waals surface area contributed by atoms with Gasteiger partial charge in [0, 0.05) is 83.8 Å². The van der Waals surface area contributed by atoms with Gasteiger partial charge in [-0.05, 0) is 66.9 Å². The fourth-order valence-corrected chi connectivity index (χ4v) is 6.78. The molecule has 8 nitrogen and oxygen atoms in total. The average Bonchev–Trinajstić information content (AvgIpc) is 3.25. The van der Waals surface area contributed by atoms with Gasteiger partial charge in [-0.1, -0.05) is 12.1 Å². The number of fused-ring (bicyclic) bond motifs is 1. The molecule has 212 valence electrons. The summed E-state index contributed by atoms with van der Waals surface area (Å²) in [4.78, 5) is 14.6. The van der Waals surface area contributed by atoms with Gasteiger partial charge in [0.05, 0.1) is 10.8 Å². The van der Waals surface area contributed by atoms with Gasteiger partial charge >= 0.3 is 0 Å². The Balaban J connectivity index is 1.50. The third-order valence-corrected chi connectivity index (χ3v) is 9.73. The van der Waals surface area contributed by atoms with Crippen molar-refractivity contribution in [3.05, 3.63) is 83.3 Å². The number of amides is 1. The molecule has 3 heterocycles. The smallest absolute Gasteiger partial charge is 0.253 e. The fourth-order valence-electron chi connectivity index (χ4n) is 5.88. The van der Waals surface area contributed by atoms with Gasteiger partial charge in [0.2, 0.25) is 0 Å². The van der Waals surface area contributed by atoms with Crippen molar-refractivity contribution >= 4 is 38.5 Å². The molecule has 0 bridgehead atoms. The van der Waals surface area contributed by atoms with Crippen molar-refractivity contribution < 1.29 is 22.3 Å². The highest BCUT2D eigenvalue weighted by atomic mass is 32.2. The molecule has 0 radical (unpaired) electrons. The predicted octanol–water partition coefficient (Wildman–Crippen LogP) is 4.78. The summed E-state index contributed by atoms with van der Waals surface area (Å²) in [5.74, 6) is -0.376. The van der Waals surface area contributed by atoms with Gasteiger partial charge in [-0.3, -0.25) is 4.79 Å². The van der Waals surface area contributed by atoms with E-state index in [0.717, 1.165) is 46.3 Å². The Kier molecular flexibility index (Phi) is 6.91. The Morgan fingerprint density at radius 1 is 1.05 bits per heavy atom. The Labute approximate surface area is 238 Å². The largest absolute Gasteiger partial charge is 0.398 e. The Hall–Kier alpha value is -4.02. The lowest BCUT2D eigenvalue weighted by Gasteiger charge is -2.38. The van der Waals surface area contributed by atoms with Gasteiger partial charge in [0.1, 0.15) is 5.82 Å². The van der Waals surface area contributed by atoms with Gasteiger partial charge in [0.25, 0.3) is 5.91 Å². The van der Waals surface area contributed by atoms with E-state index in [4.69, 9.17) is 15.9 Å². The highest BCUT2D eigenvalue weighted by Gasteiger charge is 2.37. The van der Waals surface area contributed by atoms with Crippen LogP contribution in [0.5, 0.6) is 0 Å². The van der Waals surface area contributed by atoms with Crippen LogP contribution in [0.2, 0.25) is 0 Å². The number of anilines is 1. The molecule has 2 aliphatic heterocycles. The van der Waals surface area contributed by atoms with Crippen molar-refractivity contribution in [1.29, 1.82) is 5.41 Å². The molecule has 0 atom stereocenters. The highest BCUT2D eigenvalue weighted by Crippen LogP contribution is 2.44. The quantitative estimate of drug-likeness (QED) is 0.254. The summed E-state index contributed by atoms with van der Waals surface area (Å²) in [5, 5.41) is 8.29. The number of nitrogen functional groups attached to an aromatic ring is 1. The minimum atomic E-state index is -3.18. The number of sulfone groups is 1. The van der Waals surface area contributed by atoms with Crippen LogP contribution in [0.15, 0.2) is 60.7 Å². The van der Waals surface area contributed by atoms with E-state index in [0.29, 0.717) is 30.0 Å². The van der Waals surface area contributed by atoms with E-state index in [1.807, 2.05) is 24.3 Å². The molecule has 1 amide bonds. The second kappa shape index (κ2) is 10.4. The summed E-state index contributed by atoms with van der Waals surface area (Å²) in [6.45, 7) is 1.65. The van der Waals surface area contributed by atoms with E-state index in [-0.39, 0.29) is 30.7 Å². The predicted molar refractivity (Wildman–Crippen MR) is 158 cm³/mol. The van der Waals surface area contributed by atoms with Crippen LogP contribution in [0.3, 0.4) is 0 Å². The zero-order chi connectivity index (χ0) is 28.9. The molecule has 0 unspecified atom stereocenters. The minimum absolute atomic E-state index is 0.149. The lowest BCUT2D eigenvalue weighted by atomic mass is 9.89. The molecule has 3 aromatic carbocycles. The van der Waals surface area contributed by atoms with E-state index in [1.165, 1.54) is 24.6 Å². The standard InChI is InChI=1S/C31H31FN4O4S/c1-41(38,39)25-17-35(18-25)31(37)21-4-2-19(3-5-21)29-26-15-27(34)22(16-33)14-28(26)36(24-8-6-23(32)7-9-24)30(29)20-10-12-40-13-11-20/h2-9,14-16,20,25,33H,10-13,17-18,34H2,1H3. The molecule has 2 fully saturated rings. The number of benzene rings is 3. The molecule has 0 spiro atoms. The summed E-state index contributed by atoms with van der Waals surface area (Å²) in [6, 6.07) is 17.5. The van der Waals surface area contributed by atoms with Crippen molar-refractivity contribution in [2.45, 2.75) is 24.0 Å². The van der Waals surface area contributed by atoms with Gasteiger partial charge < -0.3 is 25.3 Å². The molecule has 2 aliphatic rings. The van der Waals surface area contributed by atoms with Crippen LogP contribution >= 0.6 is 0 Å². The SMILES string of the molecule is CS(=O)(=O)C1CN(C(=O)c2ccc(-c3c(C4CCOCC4)n(-c4ccc(F)cc4)c4cc(C=N)c(N)cc34)cc2)C1. The van der Waals surface area contributed by atoms with E-state index in [2.05, 4.69) is 4.57 Å². The number of nitrogens with two attached hydrogens (primary N) is 1. The number of hydrogen-bond donors (Lipinski definition) is 2. The van der Waals surface area contributed by atoms with Crippen molar-refractivity contribution in [2.75, 3.05) is 38.3 Å². The van der Waals surface area contributed by atoms with Crippen LogP contribution in [-0.4, -0.2) is 67.8 Å². The first-order valence-corrected chi connectivity index (χ1v) is 15.5. The lowest BCUT2D eigenvalue weighted by molar-refractivity contribution is 0.0659.